The number of nitrogens with one attached hydrogen (secondary N) is 1. The lowest BCUT2D eigenvalue weighted by Crippen LogP contribution is -2.50. The van der Waals surface area contributed by atoms with Crippen LogP contribution in [0.2, 0.25) is 0 Å². The molecular formula is C16H23NO4. The molecule has 1 rings (SSSR count). The summed E-state index contributed by atoms with van der Waals surface area (Å²) < 4.78 is 5.39. The quantitative estimate of drug-likeness (QED) is 0.873. The van der Waals surface area contributed by atoms with E-state index in [2.05, 4.69) is 5.32 Å². The number of carbonyl (C=O) groups is 2. The lowest BCUT2D eigenvalue weighted by atomic mass is 9.87. The third kappa shape index (κ3) is 5.10. The highest BCUT2D eigenvalue weighted by molar-refractivity contribution is 5.84. The van der Waals surface area contributed by atoms with E-state index in [1.54, 1.807) is 26.8 Å². The largest absolute Gasteiger partial charge is 0.484 e. The number of hydrogen-bond acceptors (Lipinski definition) is 3. The number of benzene rings is 1. The van der Waals surface area contributed by atoms with E-state index in [0.717, 1.165) is 11.1 Å². The zero-order valence-corrected chi connectivity index (χ0v) is 13.2. The summed E-state index contributed by atoms with van der Waals surface area (Å²) in [6.07, 6.45) is 0. The van der Waals surface area contributed by atoms with Gasteiger partial charge in [0, 0.05) is 0 Å². The number of carboxylic acids is 1. The molecule has 0 fully saturated rings. The van der Waals surface area contributed by atoms with Gasteiger partial charge in [0.05, 0.1) is 0 Å². The molecule has 1 aromatic rings. The van der Waals surface area contributed by atoms with Crippen LogP contribution in [0.5, 0.6) is 5.75 Å². The Kier molecular flexibility index (Phi) is 5.35. The minimum Gasteiger partial charge on any atom is -0.484 e. The van der Waals surface area contributed by atoms with Crippen LogP contribution in [0.15, 0.2) is 18.2 Å². The number of aryl methyl sites for hydroxylation is 2. The third-order valence-electron chi connectivity index (χ3n) is 3.27. The van der Waals surface area contributed by atoms with E-state index in [4.69, 9.17) is 9.84 Å². The molecule has 0 aliphatic heterocycles. The molecule has 2 N–H and O–H groups in total. The number of carbonyl (C=O) groups excluding carboxylic acids is 1. The van der Waals surface area contributed by atoms with Crippen molar-refractivity contribution in [3.8, 4) is 5.75 Å². The molecule has 5 heteroatoms. The summed E-state index contributed by atoms with van der Waals surface area (Å²) in [6.45, 7) is 9.03. The van der Waals surface area contributed by atoms with Gasteiger partial charge in [-0.2, -0.15) is 0 Å². The molecule has 0 unspecified atom stereocenters. The van der Waals surface area contributed by atoms with Gasteiger partial charge in [-0.05, 0) is 42.5 Å². The van der Waals surface area contributed by atoms with E-state index < -0.39 is 23.3 Å². The van der Waals surface area contributed by atoms with Crippen molar-refractivity contribution >= 4 is 11.9 Å². The van der Waals surface area contributed by atoms with Crippen molar-refractivity contribution in [1.82, 2.24) is 5.32 Å². The average molecular weight is 293 g/mol. The zero-order chi connectivity index (χ0) is 16.2. The van der Waals surface area contributed by atoms with Gasteiger partial charge in [0.2, 0.25) is 0 Å². The highest BCUT2D eigenvalue weighted by Crippen LogP contribution is 2.19. The van der Waals surface area contributed by atoms with E-state index in [1.165, 1.54) is 0 Å². The van der Waals surface area contributed by atoms with E-state index in [9.17, 15) is 9.59 Å². The second-order valence-corrected chi connectivity index (χ2v) is 6.24. The summed E-state index contributed by atoms with van der Waals surface area (Å²) >= 11 is 0. The summed E-state index contributed by atoms with van der Waals surface area (Å²) in [4.78, 5) is 23.0. The average Bonchev–Trinajstić information content (AvgIpc) is 2.35. The van der Waals surface area contributed by atoms with Crippen molar-refractivity contribution < 1.29 is 19.4 Å². The van der Waals surface area contributed by atoms with Crippen LogP contribution in [-0.4, -0.2) is 29.6 Å². The first-order valence-corrected chi connectivity index (χ1v) is 6.83. The number of carboxylic acid groups (broad SMARTS) is 1. The van der Waals surface area contributed by atoms with Gasteiger partial charge in [0.15, 0.2) is 6.61 Å². The molecular weight excluding hydrogens is 270 g/mol. The lowest BCUT2D eigenvalue weighted by molar-refractivity contribution is -0.145. The van der Waals surface area contributed by atoms with Gasteiger partial charge in [-0.25, -0.2) is 4.79 Å². The molecule has 0 saturated carbocycles. The topological polar surface area (TPSA) is 75.6 Å². The molecule has 21 heavy (non-hydrogen) atoms. The fourth-order valence-corrected chi connectivity index (χ4v) is 1.80. The van der Waals surface area contributed by atoms with Crippen LogP contribution < -0.4 is 10.1 Å². The van der Waals surface area contributed by atoms with Gasteiger partial charge in [-0.1, -0.05) is 26.8 Å². The first kappa shape index (κ1) is 17.0. The van der Waals surface area contributed by atoms with Gasteiger partial charge in [-0.15, -0.1) is 0 Å². The van der Waals surface area contributed by atoms with Crippen molar-refractivity contribution in [3.63, 3.8) is 0 Å². The Morgan fingerprint density at radius 3 is 2.33 bits per heavy atom. The molecule has 5 nitrogen and oxygen atoms in total. The molecule has 0 bridgehead atoms. The Hall–Kier alpha value is -2.04. The smallest absolute Gasteiger partial charge is 0.326 e. The standard InChI is InChI=1S/C16H23NO4/c1-10-6-7-12(8-11(10)2)21-9-13(18)17-14(15(19)20)16(3,4)5/h6-8,14H,9H2,1-5H3,(H,17,18)(H,19,20)/t14-/m0/s1. The second kappa shape index (κ2) is 6.61. The molecule has 0 aliphatic rings. The van der Waals surface area contributed by atoms with E-state index >= 15 is 0 Å². The van der Waals surface area contributed by atoms with E-state index in [1.807, 2.05) is 26.0 Å². The maximum absolute atomic E-state index is 11.8. The molecule has 0 saturated heterocycles. The maximum atomic E-state index is 11.8. The number of hydrogen-bond donors (Lipinski definition) is 2. The molecule has 1 aromatic carbocycles. The summed E-state index contributed by atoms with van der Waals surface area (Å²) in [6, 6.07) is 4.60. The number of amides is 1. The molecule has 1 amide bonds. The number of rotatable bonds is 5. The minimum atomic E-state index is -1.05. The van der Waals surface area contributed by atoms with Crippen LogP contribution in [-0.2, 0) is 9.59 Å². The van der Waals surface area contributed by atoms with Gasteiger partial charge in [0.25, 0.3) is 5.91 Å². The Morgan fingerprint density at radius 2 is 1.86 bits per heavy atom. The third-order valence-corrected chi connectivity index (χ3v) is 3.27. The second-order valence-electron chi connectivity index (χ2n) is 6.24. The minimum absolute atomic E-state index is 0.206. The molecule has 0 aromatic heterocycles. The fraction of sp³-hybridized carbons (Fsp3) is 0.500. The molecule has 1 atom stereocenters. The number of ether oxygens (including phenoxy) is 1. The van der Waals surface area contributed by atoms with Crippen LogP contribution in [0.3, 0.4) is 0 Å². The van der Waals surface area contributed by atoms with Crippen LogP contribution in [0.1, 0.15) is 31.9 Å². The van der Waals surface area contributed by atoms with Crippen LogP contribution in [0.25, 0.3) is 0 Å². The monoisotopic (exact) mass is 293 g/mol. The molecule has 0 heterocycles. The summed E-state index contributed by atoms with van der Waals surface area (Å²) in [7, 11) is 0. The Morgan fingerprint density at radius 1 is 1.24 bits per heavy atom. The zero-order valence-electron chi connectivity index (χ0n) is 13.2. The van der Waals surface area contributed by atoms with Crippen LogP contribution in [0.4, 0.5) is 0 Å². The molecule has 116 valence electrons. The van der Waals surface area contributed by atoms with E-state index in [-0.39, 0.29) is 6.61 Å². The van der Waals surface area contributed by atoms with Crippen LogP contribution >= 0.6 is 0 Å². The molecule has 0 radical (unpaired) electrons. The van der Waals surface area contributed by atoms with Crippen molar-refractivity contribution in [2.24, 2.45) is 5.41 Å². The normalized spacial score (nSPS) is 12.6. The summed E-state index contributed by atoms with van der Waals surface area (Å²) in [5.41, 5.74) is 1.65. The summed E-state index contributed by atoms with van der Waals surface area (Å²) in [5.74, 6) is -0.909. The predicted octanol–water partition coefficient (Wildman–Crippen LogP) is 2.30. The van der Waals surface area contributed by atoms with Crippen LogP contribution in [0, 0.1) is 19.3 Å². The molecule has 0 spiro atoms. The Balaban J connectivity index is 2.61. The predicted molar refractivity (Wildman–Crippen MR) is 80.4 cm³/mol. The van der Waals surface area contributed by atoms with Crippen molar-refractivity contribution in [2.45, 2.75) is 40.7 Å². The highest BCUT2D eigenvalue weighted by Gasteiger charge is 2.32. The van der Waals surface area contributed by atoms with Crippen molar-refractivity contribution in [2.75, 3.05) is 6.61 Å². The SMILES string of the molecule is Cc1ccc(OCC(=O)N[C@@H](C(=O)O)C(C)(C)C)cc1C. The summed E-state index contributed by atoms with van der Waals surface area (Å²) in [5, 5.41) is 11.6. The first-order chi connectivity index (χ1) is 9.61. The first-order valence-electron chi connectivity index (χ1n) is 6.83. The maximum Gasteiger partial charge on any atom is 0.326 e. The Labute approximate surface area is 125 Å². The van der Waals surface area contributed by atoms with Crippen molar-refractivity contribution in [1.29, 1.82) is 0 Å². The Bertz CT molecular complexity index is 532. The van der Waals surface area contributed by atoms with E-state index in [0.29, 0.717) is 5.75 Å². The van der Waals surface area contributed by atoms with Gasteiger partial charge < -0.3 is 15.2 Å². The van der Waals surface area contributed by atoms with Gasteiger partial charge in [-0.3, -0.25) is 4.79 Å². The number of aliphatic carboxylic acids is 1. The molecule has 0 aliphatic carbocycles. The van der Waals surface area contributed by atoms with Crippen molar-refractivity contribution in [3.05, 3.63) is 29.3 Å². The fourth-order valence-electron chi connectivity index (χ4n) is 1.80. The highest BCUT2D eigenvalue weighted by atomic mass is 16.5. The van der Waals surface area contributed by atoms with Gasteiger partial charge in [0.1, 0.15) is 11.8 Å². The lowest BCUT2D eigenvalue weighted by Gasteiger charge is -2.27. The van der Waals surface area contributed by atoms with Gasteiger partial charge >= 0.3 is 5.97 Å².